The predicted molar refractivity (Wildman–Crippen MR) is 92.4 cm³/mol. The van der Waals surface area contributed by atoms with E-state index in [1.807, 2.05) is 0 Å². The molecule has 7 heteroatoms. The molecule has 1 heterocycles. The van der Waals surface area contributed by atoms with Gasteiger partial charge < -0.3 is 10.1 Å². The number of esters is 1. The molecule has 21 heavy (non-hydrogen) atoms. The van der Waals surface area contributed by atoms with Crippen LogP contribution in [0.3, 0.4) is 0 Å². The molecule has 1 aromatic carbocycles. The Morgan fingerprint density at radius 2 is 2.14 bits per heavy atom. The number of carbonyl (C=O) groups is 2. The van der Waals surface area contributed by atoms with Crippen molar-refractivity contribution in [2.75, 3.05) is 11.9 Å². The second-order valence-corrected chi connectivity index (χ2v) is 6.45. The minimum atomic E-state index is -0.449. The van der Waals surface area contributed by atoms with Gasteiger partial charge in [0.05, 0.1) is 17.2 Å². The van der Waals surface area contributed by atoms with E-state index in [1.54, 1.807) is 36.6 Å². The summed E-state index contributed by atoms with van der Waals surface area (Å²) in [6.45, 7) is 2.02. The molecule has 1 aromatic heterocycles. The van der Waals surface area contributed by atoms with Crippen LogP contribution >= 0.6 is 45.5 Å². The van der Waals surface area contributed by atoms with Crippen molar-refractivity contribution in [2.45, 2.75) is 6.92 Å². The number of hydrogen-bond acceptors (Lipinski definition) is 4. The molecule has 0 aliphatic rings. The van der Waals surface area contributed by atoms with Crippen molar-refractivity contribution in [3.63, 3.8) is 0 Å². The monoisotopic (exact) mass is 435 g/mol. The fraction of sp³-hybridized carbons (Fsp3) is 0.143. The molecule has 1 N–H and O–H groups in total. The van der Waals surface area contributed by atoms with Crippen LogP contribution in [0.2, 0.25) is 5.02 Å². The first-order valence-electron chi connectivity index (χ1n) is 6.04. The zero-order chi connectivity index (χ0) is 15.4. The van der Waals surface area contributed by atoms with E-state index in [1.165, 1.54) is 11.3 Å². The minimum absolute atomic E-state index is 0.287. The molecule has 0 unspecified atom stereocenters. The summed E-state index contributed by atoms with van der Waals surface area (Å²) in [6.07, 6.45) is 0. The van der Waals surface area contributed by atoms with Crippen molar-refractivity contribution >= 4 is 62.4 Å². The Kier molecular flexibility index (Phi) is 5.60. The topological polar surface area (TPSA) is 55.4 Å². The second-order valence-electron chi connectivity index (χ2n) is 3.97. The Morgan fingerprint density at radius 3 is 2.81 bits per heavy atom. The average Bonchev–Trinajstić information content (AvgIpc) is 2.90. The van der Waals surface area contributed by atoms with Crippen LogP contribution in [0.15, 0.2) is 29.6 Å². The largest absolute Gasteiger partial charge is 0.462 e. The molecule has 0 bridgehead atoms. The van der Waals surface area contributed by atoms with Gasteiger partial charge in [0.1, 0.15) is 5.00 Å². The molecule has 2 aromatic rings. The van der Waals surface area contributed by atoms with Crippen LogP contribution in [-0.4, -0.2) is 18.5 Å². The van der Waals surface area contributed by atoms with Gasteiger partial charge in [-0.25, -0.2) is 4.79 Å². The van der Waals surface area contributed by atoms with Gasteiger partial charge in [-0.3, -0.25) is 4.79 Å². The average molecular weight is 436 g/mol. The van der Waals surface area contributed by atoms with Crippen LogP contribution in [0.5, 0.6) is 0 Å². The first kappa shape index (κ1) is 16.3. The maximum absolute atomic E-state index is 12.2. The Labute approximate surface area is 144 Å². The molecule has 0 atom stereocenters. The SMILES string of the molecule is CCOC(=O)c1ccsc1NC(=O)c1ccc(I)c(Cl)c1. The van der Waals surface area contributed by atoms with E-state index in [2.05, 4.69) is 27.9 Å². The number of thiophene rings is 1. The van der Waals surface area contributed by atoms with Crippen molar-refractivity contribution in [1.82, 2.24) is 0 Å². The lowest BCUT2D eigenvalue weighted by molar-refractivity contribution is 0.0528. The van der Waals surface area contributed by atoms with E-state index in [4.69, 9.17) is 16.3 Å². The number of halogens is 2. The minimum Gasteiger partial charge on any atom is -0.462 e. The van der Waals surface area contributed by atoms with E-state index in [0.29, 0.717) is 21.2 Å². The second kappa shape index (κ2) is 7.24. The van der Waals surface area contributed by atoms with Gasteiger partial charge in [-0.15, -0.1) is 11.3 Å². The molecule has 0 spiro atoms. The molecule has 0 saturated heterocycles. The van der Waals surface area contributed by atoms with E-state index < -0.39 is 5.97 Å². The van der Waals surface area contributed by atoms with Crippen molar-refractivity contribution in [1.29, 1.82) is 0 Å². The van der Waals surface area contributed by atoms with E-state index in [0.717, 1.165) is 3.57 Å². The lowest BCUT2D eigenvalue weighted by Crippen LogP contribution is -2.14. The summed E-state index contributed by atoms with van der Waals surface area (Å²) in [5, 5.41) is 5.42. The van der Waals surface area contributed by atoms with Crippen molar-refractivity contribution in [3.05, 3.63) is 49.4 Å². The molecule has 4 nitrogen and oxygen atoms in total. The van der Waals surface area contributed by atoms with Crippen molar-refractivity contribution < 1.29 is 14.3 Å². The Balaban J connectivity index is 2.18. The fourth-order valence-corrected chi connectivity index (χ4v) is 2.87. The molecule has 1 amide bonds. The molecule has 2 rings (SSSR count). The summed E-state index contributed by atoms with van der Waals surface area (Å²) in [7, 11) is 0. The normalized spacial score (nSPS) is 10.2. The fourth-order valence-electron chi connectivity index (χ4n) is 1.59. The third-order valence-electron chi connectivity index (χ3n) is 2.57. The molecular weight excluding hydrogens is 425 g/mol. The quantitative estimate of drug-likeness (QED) is 0.571. The number of amides is 1. The summed E-state index contributed by atoms with van der Waals surface area (Å²) < 4.78 is 5.81. The van der Waals surface area contributed by atoms with Crippen LogP contribution in [0.1, 0.15) is 27.6 Å². The summed E-state index contributed by atoms with van der Waals surface area (Å²) in [5.41, 5.74) is 0.787. The number of anilines is 1. The van der Waals surface area contributed by atoms with Crippen LogP contribution in [-0.2, 0) is 4.74 Å². The highest BCUT2D eigenvalue weighted by atomic mass is 127. The number of ether oxygens (including phenoxy) is 1. The van der Waals surface area contributed by atoms with Crippen molar-refractivity contribution in [2.24, 2.45) is 0 Å². The molecule has 0 fully saturated rings. The Bertz CT molecular complexity index is 687. The van der Waals surface area contributed by atoms with E-state index >= 15 is 0 Å². The maximum atomic E-state index is 12.2. The van der Waals surface area contributed by atoms with Crippen LogP contribution in [0.25, 0.3) is 0 Å². The highest BCUT2D eigenvalue weighted by Gasteiger charge is 2.17. The van der Waals surface area contributed by atoms with Gasteiger partial charge in [0.2, 0.25) is 0 Å². The van der Waals surface area contributed by atoms with Crippen molar-refractivity contribution in [3.8, 4) is 0 Å². The Morgan fingerprint density at radius 1 is 1.38 bits per heavy atom. The molecule has 0 radical (unpaired) electrons. The molecule has 110 valence electrons. The van der Waals surface area contributed by atoms with Crippen LogP contribution in [0, 0.1) is 3.57 Å². The summed E-state index contributed by atoms with van der Waals surface area (Å²) in [4.78, 5) is 23.9. The zero-order valence-electron chi connectivity index (χ0n) is 11.0. The smallest absolute Gasteiger partial charge is 0.341 e. The number of benzene rings is 1. The predicted octanol–water partition coefficient (Wildman–Crippen LogP) is 4.44. The number of hydrogen-bond donors (Lipinski definition) is 1. The highest BCUT2D eigenvalue weighted by molar-refractivity contribution is 14.1. The summed E-state index contributed by atoms with van der Waals surface area (Å²) in [6, 6.07) is 6.66. The van der Waals surface area contributed by atoms with Gasteiger partial charge in [0.25, 0.3) is 5.91 Å². The van der Waals surface area contributed by atoms with Crippen LogP contribution < -0.4 is 5.32 Å². The van der Waals surface area contributed by atoms with E-state index in [-0.39, 0.29) is 12.5 Å². The summed E-state index contributed by atoms with van der Waals surface area (Å²) in [5.74, 6) is -0.768. The molecule has 0 saturated carbocycles. The first-order valence-corrected chi connectivity index (χ1v) is 8.37. The van der Waals surface area contributed by atoms with Crippen LogP contribution in [0.4, 0.5) is 5.00 Å². The Hall–Kier alpha value is -1.12. The number of carbonyl (C=O) groups excluding carboxylic acids is 2. The van der Waals surface area contributed by atoms with Gasteiger partial charge in [0.15, 0.2) is 0 Å². The third-order valence-corrected chi connectivity index (χ3v) is 4.97. The first-order chi connectivity index (χ1) is 10.0. The molecular formula is C14H11ClINO3S. The third kappa shape index (κ3) is 3.96. The van der Waals surface area contributed by atoms with Gasteiger partial charge in [-0.1, -0.05) is 11.6 Å². The van der Waals surface area contributed by atoms with Gasteiger partial charge in [0, 0.05) is 9.13 Å². The molecule has 0 aliphatic carbocycles. The highest BCUT2D eigenvalue weighted by Crippen LogP contribution is 2.26. The van der Waals surface area contributed by atoms with Gasteiger partial charge in [-0.2, -0.15) is 0 Å². The van der Waals surface area contributed by atoms with Gasteiger partial charge in [-0.05, 0) is 59.2 Å². The maximum Gasteiger partial charge on any atom is 0.341 e. The van der Waals surface area contributed by atoms with Gasteiger partial charge >= 0.3 is 5.97 Å². The number of nitrogens with one attached hydrogen (secondary N) is 1. The standard InChI is InChI=1S/C14H11ClINO3S/c1-2-20-14(19)9-5-6-21-13(9)17-12(18)8-3-4-11(16)10(15)7-8/h3-7H,2H2,1H3,(H,17,18). The molecule has 0 aliphatic heterocycles. The lowest BCUT2D eigenvalue weighted by Gasteiger charge is -2.07. The zero-order valence-corrected chi connectivity index (χ0v) is 14.7. The summed E-state index contributed by atoms with van der Waals surface area (Å²) >= 11 is 9.36. The lowest BCUT2D eigenvalue weighted by atomic mass is 10.2. The number of rotatable bonds is 4. The van der Waals surface area contributed by atoms with E-state index in [9.17, 15) is 9.59 Å².